The molecule has 0 aliphatic carbocycles. The molecule has 110 valence electrons. The van der Waals surface area contributed by atoms with Crippen LogP contribution in [0, 0.1) is 0 Å². The maximum absolute atomic E-state index is 11.2. The van der Waals surface area contributed by atoms with E-state index in [-0.39, 0.29) is 29.1 Å². The molecule has 8 heteroatoms. The highest BCUT2D eigenvalue weighted by atomic mass is 35.5. The zero-order valence-corrected chi connectivity index (χ0v) is 11.9. The first-order valence-corrected chi connectivity index (χ1v) is 6.09. The Morgan fingerprint density at radius 2 is 1.76 bits per heavy atom. The summed E-state index contributed by atoms with van der Waals surface area (Å²) >= 11 is 5.84. The number of ether oxygens (including phenoxy) is 3. The van der Waals surface area contributed by atoms with E-state index in [9.17, 15) is 4.79 Å². The Balaban J connectivity index is 2.42. The monoisotopic (exact) mass is 310 g/mol. The number of hydrogen-bond acceptors (Lipinski definition) is 6. The lowest BCUT2D eigenvalue weighted by Gasteiger charge is -2.09. The Bertz CT molecular complexity index is 655. The van der Waals surface area contributed by atoms with E-state index >= 15 is 0 Å². The molecule has 0 spiro atoms. The topological polar surface area (TPSA) is 90.8 Å². The minimum Gasteiger partial charge on any atom is -0.481 e. The summed E-state index contributed by atoms with van der Waals surface area (Å²) in [6.07, 6.45) is 0. The fraction of sp³-hybridized carbons (Fsp3) is 0.154. The molecule has 1 heterocycles. The highest BCUT2D eigenvalue weighted by Crippen LogP contribution is 2.29. The molecular formula is C13H11ClN2O5. The second-order valence-corrected chi connectivity index (χ2v) is 4.22. The summed E-state index contributed by atoms with van der Waals surface area (Å²) in [7, 11) is 2.85. The molecule has 1 N–H and O–H groups in total. The van der Waals surface area contributed by atoms with Crippen LogP contribution in [0.5, 0.6) is 23.5 Å². The van der Waals surface area contributed by atoms with E-state index in [0.29, 0.717) is 5.02 Å². The van der Waals surface area contributed by atoms with Gasteiger partial charge in [-0.2, -0.15) is 9.97 Å². The molecule has 0 saturated heterocycles. The molecule has 21 heavy (non-hydrogen) atoms. The first-order chi connectivity index (χ1) is 10.0. The maximum atomic E-state index is 11.2. The van der Waals surface area contributed by atoms with Gasteiger partial charge < -0.3 is 19.3 Å². The van der Waals surface area contributed by atoms with Gasteiger partial charge in [0, 0.05) is 11.1 Å². The highest BCUT2D eigenvalue weighted by Gasteiger charge is 2.15. The lowest BCUT2D eigenvalue weighted by atomic mass is 10.2. The fourth-order valence-corrected chi connectivity index (χ4v) is 1.66. The number of nitrogens with zero attached hydrogens (tertiary/aromatic N) is 2. The minimum absolute atomic E-state index is 0.0188. The SMILES string of the molecule is COc1cc(OC)nc(Oc2cc(Cl)ccc2C(=O)O)n1. The van der Waals surface area contributed by atoms with Crippen LogP contribution in [0.4, 0.5) is 0 Å². The third-order valence-corrected chi connectivity index (χ3v) is 2.69. The first kappa shape index (κ1) is 14.9. The van der Waals surface area contributed by atoms with Crippen molar-refractivity contribution in [3.63, 3.8) is 0 Å². The van der Waals surface area contributed by atoms with Crippen molar-refractivity contribution in [2.24, 2.45) is 0 Å². The van der Waals surface area contributed by atoms with Crippen LogP contribution < -0.4 is 14.2 Å². The quantitative estimate of drug-likeness (QED) is 0.907. The van der Waals surface area contributed by atoms with Gasteiger partial charge in [-0.15, -0.1) is 0 Å². The fourth-order valence-electron chi connectivity index (χ4n) is 1.49. The molecule has 1 aromatic heterocycles. The zero-order chi connectivity index (χ0) is 15.4. The summed E-state index contributed by atoms with van der Waals surface area (Å²) < 4.78 is 15.4. The largest absolute Gasteiger partial charge is 0.481 e. The van der Waals surface area contributed by atoms with Crippen molar-refractivity contribution in [3.8, 4) is 23.5 Å². The van der Waals surface area contributed by atoms with Crippen molar-refractivity contribution in [3.05, 3.63) is 34.9 Å². The second kappa shape index (κ2) is 6.27. The van der Waals surface area contributed by atoms with Gasteiger partial charge in [0.15, 0.2) is 0 Å². The Morgan fingerprint density at radius 3 is 2.29 bits per heavy atom. The smallest absolute Gasteiger partial charge is 0.339 e. The van der Waals surface area contributed by atoms with E-state index < -0.39 is 5.97 Å². The third-order valence-electron chi connectivity index (χ3n) is 2.45. The normalized spacial score (nSPS) is 10.0. The zero-order valence-electron chi connectivity index (χ0n) is 11.2. The maximum Gasteiger partial charge on any atom is 0.339 e. The molecule has 0 atom stereocenters. The van der Waals surface area contributed by atoms with Gasteiger partial charge in [0.05, 0.1) is 20.3 Å². The molecule has 0 bridgehead atoms. The van der Waals surface area contributed by atoms with Gasteiger partial charge in [-0.3, -0.25) is 0 Å². The Morgan fingerprint density at radius 1 is 1.14 bits per heavy atom. The van der Waals surface area contributed by atoms with Crippen LogP contribution in [0.2, 0.25) is 5.02 Å². The van der Waals surface area contributed by atoms with Crippen LogP contribution in [0.3, 0.4) is 0 Å². The van der Waals surface area contributed by atoms with E-state index in [0.717, 1.165) is 0 Å². The number of benzene rings is 1. The predicted octanol–water partition coefficient (Wildman–Crippen LogP) is 2.64. The number of methoxy groups -OCH3 is 2. The van der Waals surface area contributed by atoms with Gasteiger partial charge in [-0.05, 0) is 12.1 Å². The number of carbonyl (C=O) groups is 1. The summed E-state index contributed by atoms with van der Waals surface area (Å²) in [5.74, 6) is -0.701. The van der Waals surface area contributed by atoms with Crippen LogP contribution in [-0.2, 0) is 0 Å². The first-order valence-electron chi connectivity index (χ1n) is 5.71. The van der Waals surface area contributed by atoms with Crippen molar-refractivity contribution in [2.45, 2.75) is 0 Å². The number of aromatic carboxylic acids is 1. The number of rotatable bonds is 5. The number of carboxylic acid groups (broad SMARTS) is 1. The van der Waals surface area contributed by atoms with Gasteiger partial charge in [0.1, 0.15) is 11.3 Å². The molecule has 0 amide bonds. The summed E-state index contributed by atoms with van der Waals surface area (Å²) in [5, 5.41) is 9.45. The molecule has 0 fully saturated rings. The molecule has 1 aromatic carbocycles. The molecule has 2 aromatic rings. The second-order valence-electron chi connectivity index (χ2n) is 3.78. The van der Waals surface area contributed by atoms with Crippen molar-refractivity contribution in [1.29, 1.82) is 0 Å². The van der Waals surface area contributed by atoms with E-state index in [2.05, 4.69) is 9.97 Å². The molecule has 0 aliphatic rings. The van der Waals surface area contributed by atoms with Crippen LogP contribution in [0.25, 0.3) is 0 Å². The van der Waals surface area contributed by atoms with E-state index in [1.54, 1.807) is 0 Å². The van der Waals surface area contributed by atoms with Gasteiger partial charge in [0.25, 0.3) is 0 Å². The third kappa shape index (κ3) is 3.51. The Kier molecular flexibility index (Phi) is 4.44. The summed E-state index contributed by atoms with van der Waals surface area (Å²) in [5.41, 5.74) is -0.0650. The minimum atomic E-state index is -1.16. The highest BCUT2D eigenvalue weighted by molar-refractivity contribution is 6.30. The Labute approximate surface area is 125 Å². The van der Waals surface area contributed by atoms with Gasteiger partial charge >= 0.3 is 12.0 Å². The molecule has 0 radical (unpaired) electrons. The van der Waals surface area contributed by atoms with Crippen LogP contribution >= 0.6 is 11.6 Å². The summed E-state index contributed by atoms with van der Waals surface area (Å²) in [4.78, 5) is 19.1. The van der Waals surface area contributed by atoms with E-state index in [1.165, 1.54) is 38.5 Å². The molecule has 0 aliphatic heterocycles. The van der Waals surface area contributed by atoms with Crippen molar-refractivity contribution in [1.82, 2.24) is 9.97 Å². The number of aromatic nitrogens is 2. The van der Waals surface area contributed by atoms with E-state index in [4.69, 9.17) is 30.9 Å². The number of carboxylic acids is 1. The van der Waals surface area contributed by atoms with Crippen molar-refractivity contribution in [2.75, 3.05) is 14.2 Å². The molecular weight excluding hydrogens is 300 g/mol. The average Bonchev–Trinajstić information content (AvgIpc) is 2.46. The molecule has 0 saturated carbocycles. The predicted molar refractivity (Wildman–Crippen MR) is 73.6 cm³/mol. The summed E-state index contributed by atoms with van der Waals surface area (Å²) in [6, 6.07) is 5.49. The van der Waals surface area contributed by atoms with Gasteiger partial charge in [-0.25, -0.2) is 4.79 Å². The van der Waals surface area contributed by atoms with Crippen LogP contribution in [0.15, 0.2) is 24.3 Å². The summed E-state index contributed by atoms with van der Waals surface area (Å²) in [6.45, 7) is 0. The Hall–Kier alpha value is -2.54. The van der Waals surface area contributed by atoms with Gasteiger partial charge in [0.2, 0.25) is 11.8 Å². The van der Waals surface area contributed by atoms with Crippen LogP contribution in [0.1, 0.15) is 10.4 Å². The standard InChI is InChI=1S/C13H11ClN2O5/c1-19-10-6-11(20-2)16-13(15-10)21-9-5-7(14)3-4-8(9)12(17)18/h3-6H,1-2H3,(H,17,18). The molecule has 7 nitrogen and oxygen atoms in total. The van der Waals surface area contributed by atoms with Crippen LogP contribution in [-0.4, -0.2) is 35.3 Å². The number of halogens is 1. The lowest BCUT2D eigenvalue weighted by molar-refractivity contribution is 0.0694. The average molecular weight is 311 g/mol. The molecule has 2 rings (SSSR count). The molecule has 0 unspecified atom stereocenters. The number of hydrogen-bond donors (Lipinski definition) is 1. The van der Waals surface area contributed by atoms with E-state index in [1.807, 2.05) is 0 Å². The van der Waals surface area contributed by atoms with Crippen molar-refractivity contribution < 1.29 is 24.1 Å². The van der Waals surface area contributed by atoms with Gasteiger partial charge in [-0.1, -0.05) is 11.6 Å². The van der Waals surface area contributed by atoms with Crippen molar-refractivity contribution >= 4 is 17.6 Å². The lowest BCUT2D eigenvalue weighted by Crippen LogP contribution is -2.02.